The minimum atomic E-state index is -4.56. The van der Waals surface area contributed by atoms with Gasteiger partial charge in [-0.3, -0.25) is 19.9 Å². The van der Waals surface area contributed by atoms with E-state index in [1.165, 1.54) is 0 Å². The number of hydrogen-bond acceptors (Lipinski definition) is 5. The van der Waals surface area contributed by atoms with Crippen molar-refractivity contribution >= 4 is 22.6 Å². The van der Waals surface area contributed by atoms with Gasteiger partial charge in [-0.1, -0.05) is 0 Å². The fourth-order valence-corrected chi connectivity index (χ4v) is 1.64. The fraction of sp³-hybridized carbons (Fsp3) is 0.500. The van der Waals surface area contributed by atoms with Crippen molar-refractivity contribution in [3.8, 4) is 0 Å². The lowest BCUT2D eigenvalue weighted by atomic mass is 10.0. The first-order valence-corrected chi connectivity index (χ1v) is 4.51. The average molecular weight is 209 g/mol. The molecule has 13 heavy (non-hydrogen) atoms. The molecule has 1 aliphatic heterocycles. The largest absolute Gasteiger partial charge is 0.362 e. The van der Waals surface area contributed by atoms with Crippen LogP contribution in [0, 0.1) is 0 Å². The predicted molar refractivity (Wildman–Crippen MR) is 39.4 cm³/mol. The van der Waals surface area contributed by atoms with Gasteiger partial charge in [0.15, 0.2) is 5.66 Å². The molecule has 1 heterocycles. The summed E-state index contributed by atoms with van der Waals surface area (Å²) >= 11 is 0. The van der Waals surface area contributed by atoms with Crippen molar-refractivity contribution in [3.63, 3.8) is 0 Å². The van der Waals surface area contributed by atoms with E-state index in [1.54, 1.807) is 0 Å². The molecule has 1 saturated heterocycles. The molecule has 1 rings (SSSR count). The summed E-state index contributed by atoms with van der Waals surface area (Å²) in [6.07, 6.45) is 0.180. The minimum absolute atomic E-state index is 0.156. The van der Waals surface area contributed by atoms with Gasteiger partial charge >= 0.3 is 10.3 Å². The Kier molecular flexibility index (Phi) is 2.02. The first kappa shape index (κ1) is 9.89. The first-order valence-electron chi connectivity index (χ1n) is 3.11. The molecule has 0 aromatic carbocycles. The number of hydrogen-bond donors (Lipinski definition) is 3. The molecule has 8 nitrogen and oxygen atoms in total. The van der Waals surface area contributed by atoms with Gasteiger partial charge < -0.3 is 5.32 Å². The molecule has 0 aromatic heterocycles. The Labute approximate surface area is 73.6 Å². The number of nitrogens with zero attached hydrogens (tertiary/aromatic N) is 1. The molecule has 9 heteroatoms. The van der Waals surface area contributed by atoms with Crippen molar-refractivity contribution in [3.05, 3.63) is 0 Å². The summed E-state index contributed by atoms with van der Waals surface area (Å²) in [5.74, 6) is -1.07. The van der Waals surface area contributed by atoms with Gasteiger partial charge in [0.05, 0.1) is 6.54 Å². The second-order valence-electron chi connectivity index (χ2n) is 2.52. The van der Waals surface area contributed by atoms with Gasteiger partial charge in [0.2, 0.25) is 6.41 Å². The highest BCUT2D eigenvalue weighted by molar-refractivity contribution is 7.84. The highest BCUT2D eigenvalue weighted by Gasteiger charge is 2.54. The molecule has 0 spiro atoms. The van der Waals surface area contributed by atoms with Gasteiger partial charge in [-0.05, 0) is 0 Å². The van der Waals surface area contributed by atoms with E-state index in [0.29, 0.717) is 0 Å². The third-order valence-corrected chi connectivity index (χ3v) is 2.45. The molecular weight excluding hydrogens is 202 g/mol. The first-order chi connectivity index (χ1) is 5.81. The van der Waals surface area contributed by atoms with E-state index < -0.39 is 28.4 Å². The molecular formula is C4H7N3O5S. The van der Waals surface area contributed by atoms with Crippen molar-refractivity contribution in [1.82, 2.24) is 9.62 Å². The van der Waals surface area contributed by atoms with Crippen LogP contribution in [0.1, 0.15) is 0 Å². The lowest BCUT2D eigenvalue weighted by Crippen LogP contribution is -2.78. The summed E-state index contributed by atoms with van der Waals surface area (Å²) in [6.45, 7) is -0.469. The van der Waals surface area contributed by atoms with Crippen LogP contribution in [0.25, 0.3) is 0 Å². The number of β-lactam (4-membered cyclic amide) rings is 1. The zero-order valence-electron chi connectivity index (χ0n) is 6.30. The predicted octanol–water partition coefficient (Wildman–Crippen LogP) is -2.97. The van der Waals surface area contributed by atoms with E-state index in [2.05, 4.69) is 0 Å². The van der Waals surface area contributed by atoms with E-state index >= 15 is 0 Å². The van der Waals surface area contributed by atoms with Gasteiger partial charge in [-0.2, -0.15) is 8.42 Å². The maximum atomic E-state index is 11.0. The molecule has 0 aliphatic carbocycles. The number of amides is 2. The van der Waals surface area contributed by atoms with Gasteiger partial charge in [-0.25, -0.2) is 4.31 Å². The highest BCUT2D eigenvalue weighted by Crippen LogP contribution is 2.19. The lowest BCUT2D eigenvalue weighted by molar-refractivity contribution is -0.146. The second kappa shape index (κ2) is 2.65. The summed E-state index contributed by atoms with van der Waals surface area (Å²) in [4.78, 5) is 20.9. The molecule has 0 aromatic rings. The Bertz CT molecular complexity index is 351. The van der Waals surface area contributed by atoms with Crippen LogP contribution in [0.3, 0.4) is 0 Å². The lowest BCUT2D eigenvalue weighted by Gasteiger charge is -2.42. The van der Waals surface area contributed by atoms with Crippen molar-refractivity contribution in [2.75, 3.05) is 6.54 Å². The van der Waals surface area contributed by atoms with Gasteiger partial charge in [0.1, 0.15) is 0 Å². The van der Waals surface area contributed by atoms with Crippen LogP contribution in [-0.4, -0.2) is 41.8 Å². The number of carbonyl (C=O) groups excluding carboxylic acids is 2. The molecule has 1 fully saturated rings. The number of carbonyl (C=O) groups is 2. The van der Waals surface area contributed by atoms with Crippen LogP contribution in [0.15, 0.2) is 0 Å². The maximum absolute atomic E-state index is 11.0. The van der Waals surface area contributed by atoms with Gasteiger partial charge in [0.25, 0.3) is 5.91 Å². The van der Waals surface area contributed by atoms with Crippen molar-refractivity contribution in [2.24, 2.45) is 5.73 Å². The molecule has 0 bridgehead atoms. The molecule has 0 saturated carbocycles. The minimum Gasteiger partial charge on any atom is -0.331 e. The van der Waals surface area contributed by atoms with Crippen LogP contribution in [0.5, 0.6) is 0 Å². The van der Waals surface area contributed by atoms with Crippen molar-refractivity contribution in [1.29, 1.82) is 0 Å². The molecule has 1 aliphatic rings. The van der Waals surface area contributed by atoms with E-state index in [0.717, 1.165) is 0 Å². The second-order valence-corrected chi connectivity index (χ2v) is 3.86. The van der Waals surface area contributed by atoms with E-state index in [4.69, 9.17) is 10.3 Å². The Morgan fingerprint density at radius 3 is 2.54 bits per heavy atom. The van der Waals surface area contributed by atoms with Gasteiger partial charge in [0, 0.05) is 0 Å². The zero-order valence-corrected chi connectivity index (χ0v) is 7.11. The summed E-state index contributed by atoms with van der Waals surface area (Å²) in [5, 5.41) is 1.94. The summed E-state index contributed by atoms with van der Waals surface area (Å²) in [6, 6.07) is 0. The Morgan fingerprint density at radius 2 is 2.23 bits per heavy atom. The quantitative estimate of drug-likeness (QED) is 0.197. The smallest absolute Gasteiger partial charge is 0.331 e. The third kappa shape index (κ3) is 1.48. The maximum Gasteiger partial charge on any atom is 0.362 e. The van der Waals surface area contributed by atoms with Crippen molar-refractivity contribution < 1.29 is 22.6 Å². The number of nitrogens with one attached hydrogen (secondary N) is 1. The van der Waals surface area contributed by atoms with Gasteiger partial charge in [-0.15, -0.1) is 0 Å². The molecule has 1 unspecified atom stereocenters. The highest BCUT2D eigenvalue weighted by atomic mass is 32.2. The van der Waals surface area contributed by atoms with Crippen LogP contribution >= 0.6 is 0 Å². The van der Waals surface area contributed by atoms with Crippen LogP contribution in [0.2, 0.25) is 0 Å². The Hall–Kier alpha value is -1.19. The number of rotatable bonds is 3. The molecule has 1 atom stereocenters. The van der Waals surface area contributed by atoms with E-state index in [1.807, 2.05) is 5.32 Å². The molecule has 2 amide bonds. The summed E-state index contributed by atoms with van der Waals surface area (Å²) < 4.78 is 29.4. The fourth-order valence-electron chi connectivity index (χ4n) is 0.896. The van der Waals surface area contributed by atoms with E-state index in [9.17, 15) is 18.0 Å². The van der Waals surface area contributed by atoms with E-state index in [-0.39, 0.29) is 10.7 Å². The third-order valence-electron chi connectivity index (χ3n) is 1.60. The normalized spacial score (nSPS) is 28.2. The monoisotopic (exact) mass is 209 g/mol. The average Bonchev–Trinajstić information content (AvgIpc) is 1.98. The zero-order chi connectivity index (χ0) is 10.3. The SMILES string of the molecule is NC1(NC=O)CN(S(=O)(=O)O)C1=O. The standard InChI is InChI=1S/C4H7N3O5S/c5-4(6-2-8)1-7(3(4)9)13(10,11)12/h2H,1,5H2,(H,6,8)(H,10,11,12). The Morgan fingerprint density at radius 1 is 1.69 bits per heavy atom. The van der Waals surface area contributed by atoms with Crippen LogP contribution < -0.4 is 11.1 Å². The van der Waals surface area contributed by atoms with Crippen LogP contribution in [0.4, 0.5) is 0 Å². The van der Waals surface area contributed by atoms with Crippen LogP contribution in [-0.2, 0) is 19.9 Å². The Balaban J connectivity index is 2.78. The molecule has 4 N–H and O–H groups in total. The summed E-state index contributed by atoms with van der Waals surface area (Å²) in [7, 11) is -4.56. The number of nitrogens with two attached hydrogens (primary N) is 1. The summed E-state index contributed by atoms with van der Waals surface area (Å²) in [5.41, 5.74) is 3.52. The topological polar surface area (TPSA) is 130 Å². The van der Waals surface area contributed by atoms with Crippen molar-refractivity contribution in [2.45, 2.75) is 5.66 Å². The molecule has 0 radical (unpaired) electrons. The molecule has 74 valence electrons.